The zero-order chi connectivity index (χ0) is 16.1. The Morgan fingerprint density at radius 1 is 0.913 bits per heavy atom. The van der Waals surface area contributed by atoms with Crippen LogP contribution in [0.15, 0.2) is 24.3 Å². The maximum absolute atomic E-state index is 12.2. The van der Waals surface area contributed by atoms with Gasteiger partial charge < -0.3 is 15.1 Å². The minimum atomic E-state index is -0.0788. The van der Waals surface area contributed by atoms with E-state index in [1.165, 1.54) is 24.0 Å². The number of carbonyl (C=O) groups is 2. The zero-order valence-corrected chi connectivity index (χ0v) is 13.6. The van der Waals surface area contributed by atoms with Crippen LogP contribution >= 0.6 is 0 Å². The summed E-state index contributed by atoms with van der Waals surface area (Å²) in [5, 5.41) is 2.88. The number of benzene rings is 1. The molecule has 2 aliphatic heterocycles. The molecule has 0 radical (unpaired) electrons. The number of carbonyl (C=O) groups excluding carboxylic acids is 2. The summed E-state index contributed by atoms with van der Waals surface area (Å²) in [7, 11) is 0. The lowest BCUT2D eigenvalue weighted by Gasteiger charge is -2.21. The van der Waals surface area contributed by atoms with Crippen molar-refractivity contribution >= 4 is 11.9 Å². The molecule has 3 amide bonds. The highest BCUT2D eigenvalue weighted by atomic mass is 16.2. The molecule has 5 heteroatoms. The third-order valence-electron chi connectivity index (χ3n) is 4.70. The van der Waals surface area contributed by atoms with Gasteiger partial charge in [0.2, 0.25) is 5.91 Å². The molecule has 1 aromatic rings. The Kier molecular flexibility index (Phi) is 5.16. The van der Waals surface area contributed by atoms with Crippen LogP contribution in [0.2, 0.25) is 0 Å². The average molecular weight is 315 g/mol. The number of amides is 3. The molecule has 0 unspecified atom stereocenters. The molecule has 2 heterocycles. The summed E-state index contributed by atoms with van der Waals surface area (Å²) in [5.41, 5.74) is 2.42. The third-order valence-corrected chi connectivity index (χ3v) is 4.70. The first kappa shape index (κ1) is 15.8. The summed E-state index contributed by atoms with van der Waals surface area (Å²) in [6.07, 6.45) is 5.03. The molecule has 5 nitrogen and oxygen atoms in total. The van der Waals surface area contributed by atoms with Crippen molar-refractivity contribution in [1.82, 2.24) is 15.1 Å². The molecule has 1 saturated heterocycles. The molecule has 0 aromatic heterocycles. The van der Waals surface area contributed by atoms with Crippen molar-refractivity contribution in [3.8, 4) is 0 Å². The lowest BCUT2D eigenvalue weighted by molar-refractivity contribution is -0.131. The second kappa shape index (κ2) is 7.49. The number of hydrogen-bond acceptors (Lipinski definition) is 2. The van der Waals surface area contributed by atoms with Gasteiger partial charge in [0, 0.05) is 39.1 Å². The molecule has 0 aliphatic carbocycles. The third kappa shape index (κ3) is 4.03. The van der Waals surface area contributed by atoms with Gasteiger partial charge >= 0.3 is 6.03 Å². The number of fused-ring (bicyclic) bond motifs is 1. The number of nitrogens with one attached hydrogen (secondary N) is 1. The fourth-order valence-electron chi connectivity index (χ4n) is 3.34. The lowest BCUT2D eigenvalue weighted by Crippen LogP contribution is -2.39. The van der Waals surface area contributed by atoms with E-state index in [1.807, 2.05) is 17.0 Å². The summed E-state index contributed by atoms with van der Waals surface area (Å²) < 4.78 is 0. The quantitative estimate of drug-likeness (QED) is 0.932. The van der Waals surface area contributed by atoms with Crippen LogP contribution < -0.4 is 5.32 Å². The molecule has 0 atom stereocenters. The molecule has 1 aromatic carbocycles. The van der Waals surface area contributed by atoms with E-state index in [1.54, 1.807) is 4.90 Å². The summed E-state index contributed by atoms with van der Waals surface area (Å²) in [6, 6.07) is 8.04. The molecule has 0 saturated carbocycles. The maximum atomic E-state index is 12.2. The van der Waals surface area contributed by atoms with Crippen LogP contribution in [0, 0.1) is 0 Å². The van der Waals surface area contributed by atoms with Crippen molar-refractivity contribution in [1.29, 1.82) is 0 Å². The Hall–Kier alpha value is -2.04. The van der Waals surface area contributed by atoms with Gasteiger partial charge in [0.1, 0.15) is 0 Å². The fourth-order valence-corrected chi connectivity index (χ4v) is 3.34. The van der Waals surface area contributed by atoms with Crippen molar-refractivity contribution in [2.45, 2.75) is 45.2 Å². The Balaban J connectivity index is 1.41. The summed E-state index contributed by atoms with van der Waals surface area (Å²) >= 11 is 0. The molecule has 23 heavy (non-hydrogen) atoms. The van der Waals surface area contributed by atoms with Crippen molar-refractivity contribution in [3.63, 3.8) is 0 Å². The highest BCUT2D eigenvalue weighted by molar-refractivity contribution is 5.78. The molecule has 124 valence electrons. The molecule has 0 spiro atoms. The van der Waals surface area contributed by atoms with E-state index in [0.29, 0.717) is 26.1 Å². The standard InChI is InChI=1S/C18H25N3O2/c22-17(20-11-5-1-2-6-12-20)9-10-19-18(23)21-13-15-7-3-4-8-16(15)14-21/h3-4,7-8H,1-2,5-6,9-14H2,(H,19,23). The van der Waals surface area contributed by atoms with Crippen molar-refractivity contribution in [2.24, 2.45) is 0 Å². The first-order valence-electron chi connectivity index (χ1n) is 8.61. The van der Waals surface area contributed by atoms with E-state index < -0.39 is 0 Å². The van der Waals surface area contributed by atoms with Gasteiger partial charge in [0.15, 0.2) is 0 Å². The van der Waals surface area contributed by atoms with Gasteiger partial charge in [-0.05, 0) is 24.0 Å². The predicted molar refractivity (Wildman–Crippen MR) is 88.8 cm³/mol. The van der Waals surface area contributed by atoms with Crippen LogP contribution in [0.4, 0.5) is 4.79 Å². The van der Waals surface area contributed by atoms with Gasteiger partial charge in [-0.2, -0.15) is 0 Å². The number of likely N-dealkylation sites (tertiary alicyclic amines) is 1. The van der Waals surface area contributed by atoms with Gasteiger partial charge in [0.05, 0.1) is 0 Å². The Bertz CT molecular complexity index is 540. The monoisotopic (exact) mass is 315 g/mol. The van der Waals surface area contributed by atoms with Gasteiger partial charge in [0.25, 0.3) is 0 Å². The van der Waals surface area contributed by atoms with E-state index in [4.69, 9.17) is 0 Å². The van der Waals surface area contributed by atoms with Crippen LogP contribution in [0.5, 0.6) is 0 Å². The fraction of sp³-hybridized carbons (Fsp3) is 0.556. The predicted octanol–water partition coefficient (Wildman–Crippen LogP) is 2.50. The molecule has 0 bridgehead atoms. The molecule has 2 aliphatic rings. The van der Waals surface area contributed by atoms with E-state index in [0.717, 1.165) is 25.9 Å². The second-order valence-electron chi connectivity index (χ2n) is 6.40. The lowest BCUT2D eigenvalue weighted by atomic mass is 10.1. The molecule has 1 N–H and O–H groups in total. The highest BCUT2D eigenvalue weighted by Gasteiger charge is 2.23. The van der Waals surface area contributed by atoms with Crippen LogP contribution in [-0.2, 0) is 17.9 Å². The number of urea groups is 1. The molecular formula is C18H25N3O2. The van der Waals surface area contributed by atoms with Gasteiger partial charge in [-0.25, -0.2) is 4.79 Å². The number of rotatable bonds is 3. The van der Waals surface area contributed by atoms with Crippen molar-refractivity contribution in [2.75, 3.05) is 19.6 Å². The maximum Gasteiger partial charge on any atom is 0.318 e. The smallest absolute Gasteiger partial charge is 0.318 e. The Morgan fingerprint density at radius 2 is 1.52 bits per heavy atom. The summed E-state index contributed by atoms with van der Waals surface area (Å²) in [6.45, 7) is 3.47. The van der Waals surface area contributed by atoms with Gasteiger partial charge in [-0.3, -0.25) is 4.79 Å². The molecular weight excluding hydrogens is 290 g/mol. The first-order valence-corrected chi connectivity index (χ1v) is 8.61. The zero-order valence-electron chi connectivity index (χ0n) is 13.6. The minimum absolute atomic E-state index is 0.0788. The van der Waals surface area contributed by atoms with Crippen LogP contribution in [0.25, 0.3) is 0 Å². The van der Waals surface area contributed by atoms with Gasteiger partial charge in [-0.1, -0.05) is 37.1 Å². The molecule has 1 fully saturated rings. The van der Waals surface area contributed by atoms with Crippen molar-refractivity contribution in [3.05, 3.63) is 35.4 Å². The summed E-state index contributed by atoms with van der Waals surface area (Å²) in [5.74, 6) is 0.164. The largest absolute Gasteiger partial charge is 0.343 e. The van der Waals surface area contributed by atoms with Crippen LogP contribution in [0.3, 0.4) is 0 Å². The van der Waals surface area contributed by atoms with Gasteiger partial charge in [-0.15, -0.1) is 0 Å². The Labute approximate surface area is 137 Å². The van der Waals surface area contributed by atoms with Crippen LogP contribution in [0.1, 0.15) is 43.2 Å². The van der Waals surface area contributed by atoms with E-state index >= 15 is 0 Å². The topological polar surface area (TPSA) is 52.7 Å². The SMILES string of the molecule is O=C(CCNC(=O)N1Cc2ccccc2C1)N1CCCCCC1. The number of hydrogen-bond donors (Lipinski definition) is 1. The molecule has 3 rings (SSSR count). The highest BCUT2D eigenvalue weighted by Crippen LogP contribution is 2.21. The second-order valence-corrected chi connectivity index (χ2v) is 6.40. The minimum Gasteiger partial charge on any atom is -0.343 e. The van der Waals surface area contributed by atoms with E-state index in [-0.39, 0.29) is 11.9 Å². The van der Waals surface area contributed by atoms with Crippen LogP contribution in [-0.4, -0.2) is 41.4 Å². The van der Waals surface area contributed by atoms with Crippen molar-refractivity contribution < 1.29 is 9.59 Å². The normalized spacial score (nSPS) is 17.6. The Morgan fingerprint density at radius 3 is 2.13 bits per heavy atom. The van der Waals surface area contributed by atoms with E-state index in [9.17, 15) is 9.59 Å². The average Bonchev–Trinajstić information content (AvgIpc) is 2.81. The van der Waals surface area contributed by atoms with E-state index in [2.05, 4.69) is 17.4 Å². The summed E-state index contributed by atoms with van der Waals surface area (Å²) in [4.78, 5) is 28.2. The first-order chi connectivity index (χ1) is 11.2. The number of nitrogens with zero attached hydrogens (tertiary/aromatic N) is 2.